The Labute approximate surface area is 98.0 Å². The Morgan fingerprint density at radius 1 is 1.38 bits per heavy atom. The van der Waals surface area contributed by atoms with E-state index in [0.717, 1.165) is 45.6 Å². The number of rotatable bonds is 1. The van der Waals surface area contributed by atoms with Crippen molar-refractivity contribution in [3.05, 3.63) is 0 Å². The van der Waals surface area contributed by atoms with E-state index >= 15 is 0 Å². The second-order valence-corrected chi connectivity index (χ2v) is 5.19. The van der Waals surface area contributed by atoms with Crippen molar-refractivity contribution in [2.75, 3.05) is 39.8 Å². The lowest BCUT2D eigenvalue weighted by Gasteiger charge is -2.40. The molecule has 2 aliphatic heterocycles. The van der Waals surface area contributed by atoms with Gasteiger partial charge in [-0.3, -0.25) is 4.79 Å². The molecule has 2 heterocycles. The normalized spacial score (nSPS) is 32.8. The zero-order valence-electron chi connectivity index (χ0n) is 10.4. The van der Waals surface area contributed by atoms with Crippen LogP contribution < -0.4 is 5.32 Å². The van der Waals surface area contributed by atoms with Crippen LogP contribution in [0.25, 0.3) is 0 Å². The van der Waals surface area contributed by atoms with Gasteiger partial charge in [0.1, 0.15) is 0 Å². The van der Waals surface area contributed by atoms with Crippen molar-refractivity contribution in [1.82, 2.24) is 15.1 Å². The van der Waals surface area contributed by atoms with E-state index in [1.54, 1.807) is 0 Å². The number of carbonyl (C=O) groups is 1. The maximum atomic E-state index is 12.3. The quantitative estimate of drug-likeness (QED) is 0.690. The minimum Gasteiger partial charge on any atom is -0.337 e. The third kappa shape index (κ3) is 2.55. The predicted octanol–water partition coefficient (Wildman–Crippen LogP) is 0.149. The van der Waals surface area contributed by atoms with Gasteiger partial charge in [0.05, 0.1) is 5.92 Å². The van der Waals surface area contributed by atoms with E-state index in [9.17, 15) is 4.79 Å². The largest absolute Gasteiger partial charge is 0.337 e. The van der Waals surface area contributed by atoms with Gasteiger partial charge in [-0.25, -0.2) is 0 Å². The molecular weight excluding hydrogens is 202 g/mol. The van der Waals surface area contributed by atoms with Crippen molar-refractivity contribution in [3.8, 4) is 0 Å². The van der Waals surface area contributed by atoms with Crippen molar-refractivity contribution in [3.63, 3.8) is 0 Å². The Balaban J connectivity index is 1.92. The summed E-state index contributed by atoms with van der Waals surface area (Å²) in [5.41, 5.74) is 0. The topological polar surface area (TPSA) is 35.6 Å². The number of hydrogen-bond donors (Lipinski definition) is 1. The Bertz CT molecular complexity index is 251. The van der Waals surface area contributed by atoms with Gasteiger partial charge in [0, 0.05) is 32.2 Å². The first-order valence-electron chi connectivity index (χ1n) is 6.38. The first kappa shape index (κ1) is 11.9. The van der Waals surface area contributed by atoms with Gasteiger partial charge in [0.25, 0.3) is 0 Å². The molecule has 2 saturated heterocycles. The van der Waals surface area contributed by atoms with Crippen LogP contribution >= 0.6 is 0 Å². The van der Waals surface area contributed by atoms with E-state index in [0.29, 0.717) is 11.9 Å². The molecular formula is C12H23N3O. The van der Waals surface area contributed by atoms with Gasteiger partial charge >= 0.3 is 0 Å². The maximum absolute atomic E-state index is 12.3. The molecule has 16 heavy (non-hydrogen) atoms. The second-order valence-electron chi connectivity index (χ2n) is 5.19. The molecule has 2 fully saturated rings. The molecule has 0 saturated carbocycles. The molecule has 4 nitrogen and oxygen atoms in total. The fourth-order valence-corrected chi connectivity index (χ4v) is 2.76. The Morgan fingerprint density at radius 2 is 2.19 bits per heavy atom. The van der Waals surface area contributed by atoms with Crippen LogP contribution in [0.4, 0.5) is 0 Å². The highest BCUT2D eigenvalue weighted by molar-refractivity contribution is 5.79. The summed E-state index contributed by atoms with van der Waals surface area (Å²) in [6.07, 6.45) is 2.20. The van der Waals surface area contributed by atoms with Crippen LogP contribution in [0.5, 0.6) is 0 Å². The second kappa shape index (κ2) is 5.15. The molecule has 0 aliphatic carbocycles. The number of nitrogens with zero attached hydrogens (tertiary/aromatic N) is 2. The lowest BCUT2D eigenvalue weighted by Crippen LogP contribution is -2.55. The van der Waals surface area contributed by atoms with Crippen LogP contribution in [0.15, 0.2) is 0 Å². The van der Waals surface area contributed by atoms with Gasteiger partial charge in [-0.15, -0.1) is 0 Å². The molecule has 0 aromatic heterocycles. The van der Waals surface area contributed by atoms with Gasteiger partial charge in [-0.1, -0.05) is 0 Å². The van der Waals surface area contributed by atoms with Gasteiger partial charge in [0.2, 0.25) is 5.91 Å². The van der Waals surface area contributed by atoms with Crippen LogP contribution in [0.3, 0.4) is 0 Å². The molecule has 0 radical (unpaired) electrons. The summed E-state index contributed by atoms with van der Waals surface area (Å²) in [6, 6.07) is 0.369. The van der Waals surface area contributed by atoms with Gasteiger partial charge in [0.15, 0.2) is 0 Å². The smallest absolute Gasteiger partial charge is 0.227 e. The molecule has 4 heteroatoms. The minimum absolute atomic E-state index is 0.222. The van der Waals surface area contributed by atoms with E-state index in [1.807, 2.05) is 0 Å². The van der Waals surface area contributed by atoms with Crippen molar-refractivity contribution in [2.45, 2.75) is 25.8 Å². The third-order valence-electron chi connectivity index (χ3n) is 3.76. The van der Waals surface area contributed by atoms with Crippen LogP contribution in [-0.4, -0.2) is 61.5 Å². The molecule has 0 bridgehead atoms. The number of piperidine rings is 1. The third-order valence-corrected chi connectivity index (χ3v) is 3.76. The summed E-state index contributed by atoms with van der Waals surface area (Å²) in [5, 5.41) is 3.32. The number of carbonyl (C=O) groups excluding carboxylic acids is 1. The number of piperazine rings is 1. The van der Waals surface area contributed by atoms with Crippen LogP contribution in [-0.2, 0) is 4.79 Å². The zero-order chi connectivity index (χ0) is 11.5. The fraction of sp³-hybridized carbons (Fsp3) is 0.917. The molecule has 1 N–H and O–H groups in total. The Hall–Kier alpha value is -0.610. The van der Waals surface area contributed by atoms with Crippen molar-refractivity contribution < 1.29 is 4.79 Å². The first-order valence-corrected chi connectivity index (χ1v) is 6.38. The summed E-state index contributed by atoms with van der Waals surface area (Å²) in [5.74, 6) is 0.590. The lowest BCUT2D eigenvalue weighted by atomic mass is 9.97. The SMILES string of the molecule is CC1CN(C)CCN1C(=O)[C@H]1CCCNC1. The monoisotopic (exact) mass is 225 g/mol. The first-order chi connectivity index (χ1) is 7.68. The zero-order valence-corrected chi connectivity index (χ0v) is 10.4. The van der Waals surface area contributed by atoms with E-state index in [2.05, 4.69) is 29.1 Å². The molecule has 2 rings (SSSR count). The minimum atomic E-state index is 0.222. The Morgan fingerprint density at radius 3 is 2.81 bits per heavy atom. The molecule has 0 aromatic carbocycles. The maximum Gasteiger partial charge on any atom is 0.227 e. The fourth-order valence-electron chi connectivity index (χ4n) is 2.76. The summed E-state index contributed by atoms with van der Waals surface area (Å²) < 4.78 is 0. The summed E-state index contributed by atoms with van der Waals surface area (Å²) in [7, 11) is 2.13. The lowest BCUT2D eigenvalue weighted by molar-refractivity contribution is -0.140. The molecule has 1 unspecified atom stereocenters. The molecule has 0 aromatic rings. The van der Waals surface area contributed by atoms with Crippen LogP contribution in [0, 0.1) is 5.92 Å². The summed E-state index contributed by atoms with van der Waals surface area (Å²) >= 11 is 0. The number of hydrogen-bond acceptors (Lipinski definition) is 3. The molecule has 2 atom stereocenters. The molecule has 2 aliphatic rings. The van der Waals surface area contributed by atoms with Gasteiger partial charge in [-0.2, -0.15) is 0 Å². The van der Waals surface area contributed by atoms with Gasteiger partial charge in [-0.05, 0) is 33.4 Å². The van der Waals surface area contributed by atoms with Crippen molar-refractivity contribution in [2.24, 2.45) is 5.92 Å². The van der Waals surface area contributed by atoms with E-state index < -0.39 is 0 Å². The highest BCUT2D eigenvalue weighted by Crippen LogP contribution is 2.17. The predicted molar refractivity (Wildman–Crippen MR) is 64.3 cm³/mol. The number of likely N-dealkylation sites (N-methyl/N-ethyl adjacent to an activating group) is 1. The highest BCUT2D eigenvalue weighted by Gasteiger charge is 2.31. The molecule has 92 valence electrons. The number of amides is 1. The average Bonchev–Trinajstić information content (AvgIpc) is 2.29. The van der Waals surface area contributed by atoms with E-state index in [-0.39, 0.29) is 5.92 Å². The summed E-state index contributed by atoms with van der Waals surface area (Å²) in [6.45, 7) is 7.01. The number of nitrogens with one attached hydrogen (secondary N) is 1. The van der Waals surface area contributed by atoms with Gasteiger partial charge < -0.3 is 15.1 Å². The standard InChI is InChI=1S/C12H23N3O/c1-10-9-14(2)6-7-15(10)12(16)11-4-3-5-13-8-11/h10-11,13H,3-9H2,1-2H3/t10?,11-/m0/s1. The van der Waals surface area contributed by atoms with E-state index in [4.69, 9.17) is 0 Å². The van der Waals surface area contributed by atoms with E-state index in [1.165, 1.54) is 0 Å². The Kier molecular flexibility index (Phi) is 3.82. The summed E-state index contributed by atoms with van der Waals surface area (Å²) in [4.78, 5) is 16.7. The van der Waals surface area contributed by atoms with Crippen LogP contribution in [0.2, 0.25) is 0 Å². The highest BCUT2D eigenvalue weighted by atomic mass is 16.2. The van der Waals surface area contributed by atoms with Crippen molar-refractivity contribution in [1.29, 1.82) is 0 Å². The van der Waals surface area contributed by atoms with Crippen molar-refractivity contribution >= 4 is 5.91 Å². The van der Waals surface area contributed by atoms with Crippen LogP contribution in [0.1, 0.15) is 19.8 Å². The molecule has 1 amide bonds. The average molecular weight is 225 g/mol. The molecule has 0 spiro atoms.